The maximum Gasteiger partial charge on any atom is 0.212 e. The van der Waals surface area contributed by atoms with Crippen LogP contribution in [0.25, 0.3) is 0 Å². The zero-order chi connectivity index (χ0) is 13.5. The number of hydrogen-bond acceptors (Lipinski definition) is 5. The maximum atomic E-state index is 11.4. The highest BCUT2D eigenvalue weighted by atomic mass is 35.5. The molecule has 0 aliphatic heterocycles. The zero-order valence-electron chi connectivity index (χ0n) is 10.5. The highest BCUT2D eigenvalue weighted by molar-refractivity contribution is 7.90. The van der Waals surface area contributed by atoms with Gasteiger partial charge in [-0.1, -0.05) is 0 Å². The molecule has 7 nitrogen and oxygen atoms in total. The average Bonchev–Trinajstić information content (AvgIpc) is 2.16. The van der Waals surface area contributed by atoms with Gasteiger partial charge in [-0.15, -0.1) is 12.4 Å². The van der Waals surface area contributed by atoms with E-state index >= 15 is 0 Å². The summed E-state index contributed by atoms with van der Waals surface area (Å²) in [6, 6.07) is -0.0729. The van der Waals surface area contributed by atoms with Gasteiger partial charge in [0.05, 0.1) is 11.5 Å². The van der Waals surface area contributed by atoms with Crippen LogP contribution in [0.15, 0.2) is 0 Å². The van der Waals surface area contributed by atoms with Gasteiger partial charge in [-0.2, -0.15) is 0 Å². The molecule has 0 aliphatic rings. The molecule has 112 valence electrons. The third kappa shape index (κ3) is 11.2. The molecule has 0 aromatic heterocycles. The summed E-state index contributed by atoms with van der Waals surface area (Å²) in [5, 5.41) is 0. The van der Waals surface area contributed by atoms with Crippen LogP contribution in [0, 0.1) is 0 Å². The minimum absolute atomic E-state index is 0. The summed E-state index contributed by atoms with van der Waals surface area (Å²) in [7, 11) is -6.78. The molecule has 0 fully saturated rings. The van der Waals surface area contributed by atoms with E-state index in [9.17, 15) is 16.8 Å². The van der Waals surface area contributed by atoms with Crippen LogP contribution in [0.3, 0.4) is 0 Å². The van der Waals surface area contributed by atoms with Crippen LogP contribution >= 0.6 is 12.4 Å². The van der Waals surface area contributed by atoms with Crippen LogP contribution in [-0.4, -0.2) is 47.5 Å². The Balaban J connectivity index is 0. The van der Waals surface area contributed by atoms with E-state index < -0.39 is 20.0 Å². The first kappa shape index (κ1) is 20.4. The van der Waals surface area contributed by atoms with Crippen LogP contribution in [0.4, 0.5) is 0 Å². The summed E-state index contributed by atoms with van der Waals surface area (Å²) in [6.45, 7) is 3.41. The Bertz CT molecular complexity index is 408. The van der Waals surface area contributed by atoms with Gasteiger partial charge >= 0.3 is 0 Å². The third-order valence-electron chi connectivity index (χ3n) is 1.99. The number of nitrogens with two attached hydrogens (primary N) is 1. The molecule has 4 N–H and O–H groups in total. The van der Waals surface area contributed by atoms with Gasteiger partial charge in [-0.05, 0) is 20.3 Å². The van der Waals surface area contributed by atoms with E-state index in [0.717, 1.165) is 0 Å². The molecule has 1 unspecified atom stereocenters. The lowest BCUT2D eigenvalue weighted by molar-refractivity contribution is 0.568. The van der Waals surface area contributed by atoms with E-state index in [-0.39, 0.29) is 43.0 Å². The fraction of sp³-hybridized carbons (Fsp3) is 1.00. The molecule has 0 amide bonds. The van der Waals surface area contributed by atoms with Crippen molar-refractivity contribution >= 4 is 32.5 Å². The van der Waals surface area contributed by atoms with Crippen LogP contribution in [-0.2, 0) is 20.0 Å². The number of hydrogen-bond donors (Lipinski definition) is 3. The van der Waals surface area contributed by atoms with Crippen LogP contribution in [0.5, 0.6) is 0 Å². The second-order valence-electron chi connectivity index (χ2n) is 3.78. The lowest BCUT2D eigenvalue weighted by Gasteiger charge is -2.08. The lowest BCUT2D eigenvalue weighted by Crippen LogP contribution is -2.36. The van der Waals surface area contributed by atoms with Crippen molar-refractivity contribution < 1.29 is 16.8 Å². The first-order chi connectivity index (χ1) is 7.68. The van der Waals surface area contributed by atoms with Gasteiger partial charge in [0.2, 0.25) is 20.0 Å². The Kier molecular flexibility index (Phi) is 10.3. The van der Waals surface area contributed by atoms with E-state index in [0.29, 0.717) is 6.42 Å². The first-order valence-electron chi connectivity index (χ1n) is 5.39. The van der Waals surface area contributed by atoms with Crippen molar-refractivity contribution in [3.8, 4) is 0 Å². The number of halogens is 1. The van der Waals surface area contributed by atoms with Gasteiger partial charge in [-0.3, -0.25) is 0 Å². The standard InChI is InChI=1S/C8H21N3O4S2.ClH/c1-3-16(12,13)11-6-7-17(14,15)10-5-4-8(2)9;/h8,10-11H,3-7,9H2,1-2H3;1H. The highest BCUT2D eigenvalue weighted by Gasteiger charge is 2.12. The smallest absolute Gasteiger partial charge is 0.212 e. The molecule has 0 heterocycles. The van der Waals surface area contributed by atoms with E-state index in [2.05, 4.69) is 9.44 Å². The Morgan fingerprint density at radius 1 is 1.06 bits per heavy atom. The summed E-state index contributed by atoms with van der Waals surface area (Å²) in [6.07, 6.45) is 0.542. The van der Waals surface area contributed by atoms with Crippen LogP contribution < -0.4 is 15.2 Å². The summed E-state index contributed by atoms with van der Waals surface area (Å²) in [4.78, 5) is 0. The summed E-state index contributed by atoms with van der Waals surface area (Å²) in [5.41, 5.74) is 5.47. The van der Waals surface area contributed by atoms with Gasteiger partial charge in [0.25, 0.3) is 0 Å². The second-order valence-corrected chi connectivity index (χ2v) is 7.80. The molecule has 1 atom stereocenters. The monoisotopic (exact) mass is 323 g/mol. The molecular weight excluding hydrogens is 302 g/mol. The van der Waals surface area contributed by atoms with Gasteiger partial charge in [0, 0.05) is 19.1 Å². The Morgan fingerprint density at radius 3 is 2.00 bits per heavy atom. The highest BCUT2D eigenvalue weighted by Crippen LogP contribution is 1.89. The number of sulfonamides is 2. The predicted molar refractivity (Wildman–Crippen MR) is 74.8 cm³/mol. The topological polar surface area (TPSA) is 118 Å². The van der Waals surface area contributed by atoms with Crippen molar-refractivity contribution in [2.75, 3.05) is 24.6 Å². The van der Waals surface area contributed by atoms with Crippen molar-refractivity contribution in [3.63, 3.8) is 0 Å². The molecule has 18 heavy (non-hydrogen) atoms. The van der Waals surface area contributed by atoms with Gasteiger partial charge in [0.15, 0.2) is 0 Å². The zero-order valence-corrected chi connectivity index (χ0v) is 13.0. The molecule has 0 saturated carbocycles. The Morgan fingerprint density at radius 2 is 1.56 bits per heavy atom. The molecule has 0 radical (unpaired) electrons. The number of rotatable bonds is 9. The summed E-state index contributed by atoms with van der Waals surface area (Å²) < 4.78 is 49.4. The number of nitrogens with one attached hydrogen (secondary N) is 2. The molecule has 0 spiro atoms. The van der Waals surface area contributed by atoms with Gasteiger partial charge < -0.3 is 5.73 Å². The van der Waals surface area contributed by atoms with Crippen LogP contribution in [0.2, 0.25) is 0 Å². The van der Waals surface area contributed by atoms with Crippen molar-refractivity contribution in [2.45, 2.75) is 26.3 Å². The summed E-state index contributed by atoms with van der Waals surface area (Å²) in [5.74, 6) is -0.337. The molecule has 0 rings (SSSR count). The molecule has 0 aromatic rings. The van der Waals surface area contributed by atoms with Crippen molar-refractivity contribution in [1.29, 1.82) is 0 Å². The molecule has 0 saturated heterocycles. The fourth-order valence-corrected chi connectivity index (χ4v) is 2.64. The van der Waals surface area contributed by atoms with Crippen molar-refractivity contribution in [1.82, 2.24) is 9.44 Å². The van der Waals surface area contributed by atoms with E-state index in [1.54, 1.807) is 6.92 Å². The second kappa shape index (κ2) is 9.05. The van der Waals surface area contributed by atoms with Crippen molar-refractivity contribution in [3.05, 3.63) is 0 Å². The minimum atomic E-state index is -3.44. The molecule has 0 bridgehead atoms. The molecule has 10 heteroatoms. The fourth-order valence-electron chi connectivity index (χ4n) is 0.948. The average molecular weight is 324 g/mol. The molecule has 0 aliphatic carbocycles. The Hall–Kier alpha value is 0.0700. The van der Waals surface area contributed by atoms with E-state index in [4.69, 9.17) is 5.73 Å². The lowest BCUT2D eigenvalue weighted by atomic mass is 10.3. The van der Waals surface area contributed by atoms with E-state index in [1.807, 2.05) is 0 Å². The van der Waals surface area contributed by atoms with Crippen molar-refractivity contribution in [2.24, 2.45) is 5.73 Å². The summed E-state index contributed by atoms with van der Waals surface area (Å²) >= 11 is 0. The molecular formula is C8H22ClN3O4S2. The quantitative estimate of drug-likeness (QED) is 0.503. The normalized spacial score (nSPS) is 13.9. The Labute approximate surface area is 115 Å². The SMILES string of the molecule is CCS(=O)(=O)NCCS(=O)(=O)NCCC(C)N.Cl. The minimum Gasteiger partial charge on any atom is -0.328 e. The van der Waals surface area contributed by atoms with Gasteiger partial charge in [-0.25, -0.2) is 26.3 Å². The van der Waals surface area contributed by atoms with E-state index in [1.165, 1.54) is 6.92 Å². The predicted octanol–water partition coefficient (Wildman–Crippen LogP) is -0.996. The maximum absolute atomic E-state index is 11.4. The van der Waals surface area contributed by atoms with Gasteiger partial charge in [0.1, 0.15) is 0 Å². The molecule has 0 aromatic carbocycles. The van der Waals surface area contributed by atoms with Crippen LogP contribution in [0.1, 0.15) is 20.3 Å². The largest absolute Gasteiger partial charge is 0.328 e. The first-order valence-corrected chi connectivity index (χ1v) is 8.69. The third-order valence-corrected chi connectivity index (χ3v) is 4.78.